The fourth-order valence-electron chi connectivity index (χ4n) is 8.22. The lowest BCUT2D eigenvalue weighted by Crippen LogP contribution is -2.63. The molecule has 2 bridgehead atoms. The van der Waals surface area contributed by atoms with Gasteiger partial charge in [0.05, 0.1) is 23.5 Å². The van der Waals surface area contributed by atoms with Crippen molar-refractivity contribution in [3.8, 4) is 0 Å². The van der Waals surface area contributed by atoms with Crippen LogP contribution in [0.25, 0.3) is 0 Å². The second-order valence-electron chi connectivity index (χ2n) is 12.6. The van der Waals surface area contributed by atoms with Gasteiger partial charge in [0.1, 0.15) is 17.6 Å². The van der Waals surface area contributed by atoms with Crippen molar-refractivity contribution < 1.29 is 33.3 Å². The third-order valence-corrected chi connectivity index (χ3v) is 12.1. The number of ether oxygens (including phenoxy) is 1. The van der Waals surface area contributed by atoms with Crippen molar-refractivity contribution in [3.63, 3.8) is 0 Å². The van der Waals surface area contributed by atoms with Gasteiger partial charge in [-0.3, -0.25) is 13.8 Å². The molecule has 7 nitrogen and oxygen atoms in total. The van der Waals surface area contributed by atoms with Crippen molar-refractivity contribution in [2.24, 2.45) is 34.0 Å². The molecule has 0 amide bonds. The van der Waals surface area contributed by atoms with E-state index in [-0.39, 0.29) is 41.3 Å². The van der Waals surface area contributed by atoms with Crippen molar-refractivity contribution in [1.29, 1.82) is 0 Å². The summed E-state index contributed by atoms with van der Waals surface area (Å²) in [6.07, 6.45) is 3.70. The van der Waals surface area contributed by atoms with Gasteiger partial charge in [0, 0.05) is 28.1 Å². The van der Waals surface area contributed by atoms with E-state index in [0.29, 0.717) is 23.2 Å². The molecule has 1 heterocycles. The lowest BCUT2D eigenvalue weighted by molar-refractivity contribution is -0.205. The highest BCUT2D eigenvalue weighted by Crippen LogP contribution is 2.68. The monoisotopic (exact) mass is 542 g/mol. The summed E-state index contributed by atoms with van der Waals surface area (Å²) < 4.78 is 24.6. The Morgan fingerprint density at radius 2 is 2.05 bits per heavy atom. The summed E-state index contributed by atoms with van der Waals surface area (Å²) in [7, 11) is -2.75. The van der Waals surface area contributed by atoms with Crippen LogP contribution in [0.5, 0.6) is 0 Å². The Bertz CT molecular complexity index is 1190. The van der Waals surface area contributed by atoms with Crippen molar-refractivity contribution >= 4 is 35.1 Å². The molecular formula is C29H39BO7S. The molecule has 1 aromatic rings. The van der Waals surface area contributed by atoms with Crippen molar-refractivity contribution in [1.82, 2.24) is 0 Å². The minimum absolute atomic E-state index is 0.0999. The number of aliphatic hydroxyl groups excluding tert-OH is 1. The predicted octanol–water partition coefficient (Wildman–Crippen LogP) is 2.92. The number of hydrogen-bond acceptors (Lipinski definition) is 7. The third kappa shape index (κ3) is 4.07. The predicted molar refractivity (Wildman–Crippen MR) is 145 cm³/mol. The van der Waals surface area contributed by atoms with Crippen LogP contribution in [0.1, 0.15) is 65.4 Å². The summed E-state index contributed by atoms with van der Waals surface area (Å²) in [5.41, 5.74) is -0.286. The van der Waals surface area contributed by atoms with E-state index in [9.17, 15) is 23.9 Å². The molecule has 38 heavy (non-hydrogen) atoms. The standard InChI is InChI=1S/C29H39BO7S/c1-6-27(4)14-23(37-24(32)16-38(35)20-8-7-19-15-36-30(34)21(19)13-20)28(5)17(2)9-11-29(18(3)26(27)33)12-10-22(31)25(28)29/h6-8,13,17-18,23,25-26,33-34H,1,9-12,14-16H2,2-5H3/t17-,18+,23-,25+,26+,27-,28+,29+,38+/m1/s1. The highest BCUT2D eigenvalue weighted by Gasteiger charge is 2.68. The van der Waals surface area contributed by atoms with Crippen LogP contribution < -0.4 is 5.46 Å². The lowest BCUT2D eigenvalue weighted by Gasteiger charge is -2.61. The third-order valence-electron chi connectivity index (χ3n) is 10.9. The molecule has 2 N–H and O–H groups in total. The number of carbonyl (C=O) groups is 2. The second-order valence-corrected chi connectivity index (χ2v) is 14.0. The number of aliphatic hydroxyl groups is 1. The van der Waals surface area contributed by atoms with E-state index in [4.69, 9.17) is 9.39 Å². The molecule has 1 aliphatic heterocycles. The highest BCUT2D eigenvalue weighted by atomic mass is 32.2. The Morgan fingerprint density at radius 1 is 1.32 bits per heavy atom. The first-order chi connectivity index (χ1) is 17.9. The zero-order valence-electron chi connectivity index (χ0n) is 22.8. The maximum atomic E-state index is 13.5. The molecule has 1 aromatic carbocycles. The molecule has 0 spiro atoms. The largest absolute Gasteiger partial charge is 0.491 e. The van der Waals surface area contributed by atoms with Crippen molar-refractivity contribution in [2.75, 3.05) is 5.75 Å². The molecule has 3 aliphatic carbocycles. The summed E-state index contributed by atoms with van der Waals surface area (Å²) in [6.45, 7) is 12.6. The summed E-state index contributed by atoms with van der Waals surface area (Å²) in [5, 5.41) is 21.6. The molecule has 5 rings (SSSR count). The smallest absolute Gasteiger partial charge is 0.461 e. The first-order valence-electron chi connectivity index (χ1n) is 13.7. The Balaban J connectivity index is 1.46. The topological polar surface area (TPSA) is 110 Å². The van der Waals surface area contributed by atoms with Crippen LogP contribution in [0.15, 0.2) is 35.7 Å². The van der Waals surface area contributed by atoms with Crippen LogP contribution in [0.3, 0.4) is 0 Å². The first kappa shape index (κ1) is 27.8. The van der Waals surface area contributed by atoms with Crippen LogP contribution in [0.2, 0.25) is 0 Å². The van der Waals surface area contributed by atoms with Crippen LogP contribution in [0.4, 0.5) is 0 Å². The molecule has 3 saturated carbocycles. The van der Waals surface area contributed by atoms with Crippen molar-refractivity contribution in [2.45, 2.75) is 83.5 Å². The maximum Gasteiger partial charge on any atom is 0.491 e. The van der Waals surface area contributed by atoms with Gasteiger partial charge < -0.3 is 19.5 Å². The highest BCUT2D eigenvalue weighted by molar-refractivity contribution is 7.85. The van der Waals surface area contributed by atoms with E-state index in [2.05, 4.69) is 27.4 Å². The van der Waals surface area contributed by atoms with E-state index >= 15 is 0 Å². The quantitative estimate of drug-likeness (QED) is 0.335. The molecule has 206 valence electrons. The van der Waals surface area contributed by atoms with E-state index in [1.807, 2.05) is 6.92 Å². The number of hydrogen-bond donors (Lipinski definition) is 2. The minimum Gasteiger partial charge on any atom is -0.461 e. The van der Waals surface area contributed by atoms with Gasteiger partial charge in [-0.1, -0.05) is 39.8 Å². The fourth-order valence-corrected chi connectivity index (χ4v) is 9.15. The number of rotatable bonds is 5. The van der Waals surface area contributed by atoms with Crippen LogP contribution in [0, 0.1) is 34.0 Å². The molecular weight excluding hydrogens is 503 g/mol. The number of carbonyl (C=O) groups excluding carboxylic acids is 2. The van der Waals surface area contributed by atoms with Gasteiger partial charge in [0.25, 0.3) is 0 Å². The second kappa shape index (κ2) is 9.68. The first-order valence-corrected chi connectivity index (χ1v) is 15.0. The minimum atomic E-state index is -1.69. The lowest BCUT2D eigenvalue weighted by atomic mass is 9.44. The summed E-state index contributed by atoms with van der Waals surface area (Å²) in [6, 6.07) is 5.06. The van der Waals surface area contributed by atoms with E-state index in [1.54, 1.807) is 24.3 Å². The van der Waals surface area contributed by atoms with Crippen LogP contribution >= 0.6 is 0 Å². The molecule has 0 radical (unpaired) electrons. The SMILES string of the molecule is C=C[C@]1(C)C[C@@H](OC(=O)C[S@](=O)c2ccc3c(c2)B(O)OC3)[C@]2(C)[C@H](C)CC[C@]3(CCC(=O)[C@H]32)[C@@H](C)[C@@H]1O. The van der Waals surface area contributed by atoms with Gasteiger partial charge >= 0.3 is 13.1 Å². The Morgan fingerprint density at radius 3 is 2.76 bits per heavy atom. The van der Waals surface area contributed by atoms with E-state index in [0.717, 1.165) is 24.8 Å². The average Bonchev–Trinajstić information content (AvgIpc) is 3.44. The van der Waals surface area contributed by atoms with Gasteiger partial charge in [-0.15, -0.1) is 6.58 Å². The van der Waals surface area contributed by atoms with Crippen LogP contribution in [-0.4, -0.2) is 51.2 Å². The molecule has 0 unspecified atom stereocenters. The van der Waals surface area contributed by atoms with Gasteiger partial charge in [0.15, 0.2) is 0 Å². The Labute approximate surface area is 228 Å². The van der Waals surface area contributed by atoms with Crippen molar-refractivity contribution in [3.05, 3.63) is 36.4 Å². The maximum absolute atomic E-state index is 13.5. The zero-order valence-corrected chi connectivity index (χ0v) is 23.6. The Kier molecular flexibility index (Phi) is 7.07. The molecule has 9 atom stereocenters. The normalized spacial score (nSPS) is 41.1. The van der Waals surface area contributed by atoms with Gasteiger partial charge in [-0.05, 0) is 66.1 Å². The number of ketones is 1. The number of benzene rings is 1. The zero-order chi connectivity index (χ0) is 27.6. The molecule has 0 aromatic heterocycles. The molecule has 9 heteroatoms. The average molecular weight is 543 g/mol. The van der Waals surface area contributed by atoms with E-state index in [1.165, 1.54) is 0 Å². The summed E-state index contributed by atoms with van der Waals surface area (Å²) >= 11 is 0. The number of Topliss-reactive ketones (excluding diaryl/α,β-unsaturated/α-hetero) is 1. The summed E-state index contributed by atoms with van der Waals surface area (Å²) in [4.78, 5) is 27.3. The fraction of sp³-hybridized carbons (Fsp3) is 0.655. The van der Waals surface area contributed by atoms with Gasteiger partial charge in [-0.25, -0.2) is 0 Å². The molecule has 4 aliphatic rings. The number of fused-ring (bicyclic) bond motifs is 1. The van der Waals surface area contributed by atoms with Gasteiger partial charge in [0.2, 0.25) is 0 Å². The molecule has 3 fully saturated rings. The van der Waals surface area contributed by atoms with Gasteiger partial charge in [-0.2, -0.15) is 0 Å². The number of esters is 1. The molecule has 0 saturated heterocycles. The Hall–Kier alpha value is -1.81. The summed E-state index contributed by atoms with van der Waals surface area (Å²) in [5.74, 6) is -1.03. The van der Waals surface area contributed by atoms with E-state index < -0.39 is 46.9 Å². The van der Waals surface area contributed by atoms with Crippen LogP contribution in [-0.2, 0) is 36.4 Å².